The van der Waals surface area contributed by atoms with Crippen LogP contribution in [-0.4, -0.2) is 50.9 Å². The Bertz CT molecular complexity index is 2040. The van der Waals surface area contributed by atoms with Crippen LogP contribution in [0.15, 0.2) is 82.2 Å². The molecule has 0 unspecified atom stereocenters. The topological polar surface area (TPSA) is 97.9 Å². The first-order valence-corrected chi connectivity index (χ1v) is 15.2. The average molecular weight is 715 g/mol. The van der Waals surface area contributed by atoms with E-state index in [0.29, 0.717) is 54.3 Å². The highest BCUT2D eigenvalue weighted by Gasteiger charge is 2.31. The molecule has 0 saturated carbocycles. The van der Waals surface area contributed by atoms with Gasteiger partial charge in [-0.1, -0.05) is 23.7 Å². The summed E-state index contributed by atoms with van der Waals surface area (Å²) in [4.78, 5) is 41.5. The molecule has 9 nitrogen and oxygen atoms in total. The molecule has 2 amide bonds. The molecule has 0 radical (unpaired) electrons. The van der Waals surface area contributed by atoms with E-state index in [0.717, 1.165) is 0 Å². The Kier molecular flexibility index (Phi) is 8.38. The van der Waals surface area contributed by atoms with Crippen LogP contribution in [0.4, 0.5) is 13.2 Å². The summed E-state index contributed by atoms with van der Waals surface area (Å²) in [5.74, 6) is -0.889. The van der Waals surface area contributed by atoms with Crippen molar-refractivity contribution in [1.82, 2.24) is 24.4 Å². The molecular formula is C32H24BrClF3N5O4. The molecule has 1 aliphatic heterocycles. The van der Waals surface area contributed by atoms with E-state index < -0.39 is 6.36 Å². The minimum atomic E-state index is -4.81. The molecular weight excluding hydrogens is 691 g/mol. The molecule has 0 saturated heterocycles. The van der Waals surface area contributed by atoms with Crippen molar-refractivity contribution in [3.8, 4) is 11.4 Å². The highest BCUT2D eigenvalue weighted by molar-refractivity contribution is 9.10. The monoisotopic (exact) mass is 713 g/mol. The number of nitrogens with one attached hydrogen (secondary N) is 1. The minimum Gasteiger partial charge on any atom is -0.406 e. The van der Waals surface area contributed by atoms with Crippen molar-refractivity contribution in [3.05, 3.63) is 126 Å². The number of carbonyl (C=O) groups excluding carboxylic acids is 2. The van der Waals surface area contributed by atoms with Gasteiger partial charge in [0, 0.05) is 46.7 Å². The van der Waals surface area contributed by atoms with Gasteiger partial charge in [-0.2, -0.15) is 5.10 Å². The predicted molar refractivity (Wildman–Crippen MR) is 168 cm³/mol. The van der Waals surface area contributed by atoms with Crippen LogP contribution in [0.25, 0.3) is 11.3 Å². The third-order valence-electron chi connectivity index (χ3n) is 7.69. The summed E-state index contributed by atoms with van der Waals surface area (Å²) in [6.07, 6.45) is -2.72. The van der Waals surface area contributed by atoms with E-state index in [2.05, 4.69) is 31.1 Å². The number of halogens is 5. The van der Waals surface area contributed by atoms with Crippen molar-refractivity contribution < 1.29 is 27.5 Å². The number of carbonyl (C=O) groups is 2. The molecule has 2 aromatic heterocycles. The van der Waals surface area contributed by atoms with Gasteiger partial charge in [0.25, 0.3) is 17.4 Å². The summed E-state index contributed by atoms with van der Waals surface area (Å²) in [5, 5.41) is 7.59. The average Bonchev–Trinajstić information content (AvgIpc) is 3.45. The first-order valence-electron chi connectivity index (χ1n) is 14.0. The van der Waals surface area contributed by atoms with E-state index in [1.165, 1.54) is 35.9 Å². The van der Waals surface area contributed by atoms with E-state index in [1.807, 2.05) is 0 Å². The van der Waals surface area contributed by atoms with Crippen molar-refractivity contribution in [3.63, 3.8) is 0 Å². The van der Waals surface area contributed by atoms with Gasteiger partial charge in [-0.25, -0.2) is 4.52 Å². The molecule has 0 spiro atoms. The van der Waals surface area contributed by atoms with E-state index in [4.69, 9.17) is 11.6 Å². The largest absolute Gasteiger partial charge is 0.573 e. The number of benzene rings is 3. The van der Waals surface area contributed by atoms with Crippen molar-refractivity contribution in [1.29, 1.82) is 0 Å². The van der Waals surface area contributed by atoms with Crippen LogP contribution in [0, 0.1) is 0 Å². The first-order chi connectivity index (χ1) is 21.9. The lowest BCUT2D eigenvalue weighted by molar-refractivity contribution is -0.274. The van der Waals surface area contributed by atoms with Crippen LogP contribution in [0.5, 0.6) is 5.75 Å². The lowest BCUT2D eigenvalue weighted by Gasteiger charge is -2.30. The predicted octanol–water partition coefficient (Wildman–Crippen LogP) is 5.95. The van der Waals surface area contributed by atoms with Gasteiger partial charge in [-0.05, 0) is 82.5 Å². The van der Waals surface area contributed by atoms with Crippen LogP contribution in [-0.2, 0) is 19.4 Å². The maximum Gasteiger partial charge on any atom is 0.573 e. The molecule has 1 N–H and O–H groups in total. The van der Waals surface area contributed by atoms with Gasteiger partial charge in [0.1, 0.15) is 11.4 Å². The number of aromatic nitrogens is 3. The van der Waals surface area contributed by atoms with Crippen molar-refractivity contribution in [2.24, 2.45) is 0 Å². The summed E-state index contributed by atoms with van der Waals surface area (Å²) in [6, 6.07) is 16.9. The van der Waals surface area contributed by atoms with Crippen LogP contribution in [0.1, 0.15) is 43.1 Å². The van der Waals surface area contributed by atoms with Crippen molar-refractivity contribution >= 4 is 45.0 Å². The SMILES string of the molecule is CNC(=O)c1ccc(-n2c(=O)c3c(n4ncc(Cc5ccc(OC(F)(F)F)cc5)c24)CN(C(=O)c2ccc(Br)c(Cl)c2)CC3)cc1. The molecule has 3 heterocycles. The maximum atomic E-state index is 14.2. The van der Waals surface area contributed by atoms with Crippen LogP contribution in [0.2, 0.25) is 5.02 Å². The van der Waals surface area contributed by atoms with Gasteiger partial charge in [0.05, 0.1) is 29.1 Å². The van der Waals surface area contributed by atoms with Crippen LogP contribution in [0.3, 0.4) is 0 Å². The van der Waals surface area contributed by atoms with Crippen LogP contribution >= 0.6 is 27.5 Å². The summed E-state index contributed by atoms with van der Waals surface area (Å²) in [5.41, 5.74) is 3.72. The summed E-state index contributed by atoms with van der Waals surface area (Å²) < 4.78 is 45.8. The third-order valence-corrected chi connectivity index (χ3v) is 8.92. The number of ether oxygens (including phenoxy) is 1. The normalized spacial score (nSPS) is 13.0. The third kappa shape index (κ3) is 6.12. The highest BCUT2D eigenvalue weighted by Crippen LogP contribution is 2.28. The summed E-state index contributed by atoms with van der Waals surface area (Å²) in [6.45, 7) is 0.394. The van der Waals surface area contributed by atoms with Gasteiger partial charge in [-0.15, -0.1) is 13.2 Å². The molecule has 46 heavy (non-hydrogen) atoms. The molecule has 3 aromatic carbocycles. The number of nitrogens with zero attached hydrogens (tertiary/aromatic N) is 4. The number of amides is 2. The van der Waals surface area contributed by atoms with Crippen molar-refractivity contribution in [2.45, 2.75) is 25.7 Å². The fourth-order valence-corrected chi connectivity index (χ4v) is 5.93. The fourth-order valence-electron chi connectivity index (χ4n) is 5.50. The summed E-state index contributed by atoms with van der Waals surface area (Å²) in [7, 11) is 1.52. The second-order valence-electron chi connectivity index (χ2n) is 10.6. The molecule has 0 atom stereocenters. The Labute approximate surface area is 273 Å². The van der Waals surface area contributed by atoms with E-state index in [1.54, 1.807) is 58.1 Å². The maximum absolute atomic E-state index is 14.2. The van der Waals surface area contributed by atoms with Crippen molar-refractivity contribution in [2.75, 3.05) is 13.6 Å². The lowest BCUT2D eigenvalue weighted by atomic mass is 10.0. The second-order valence-corrected chi connectivity index (χ2v) is 11.8. The Morgan fingerprint density at radius 2 is 1.74 bits per heavy atom. The number of hydrogen-bond acceptors (Lipinski definition) is 5. The van der Waals surface area contributed by atoms with Gasteiger partial charge in [0.15, 0.2) is 0 Å². The zero-order valence-corrected chi connectivity index (χ0v) is 26.4. The number of alkyl halides is 3. The highest BCUT2D eigenvalue weighted by atomic mass is 79.9. The zero-order chi connectivity index (χ0) is 32.7. The molecule has 0 aliphatic carbocycles. The van der Waals surface area contributed by atoms with Gasteiger partial charge in [-0.3, -0.25) is 19.0 Å². The van der Waals surface area contributed by atoms with E-state index in [-0.39, 0.29) is 49.1 Å². The Morgan fingerprint density at radius 3 is 2.39 bits per heavy atom. The van der Waals surface area contributed by atoms with Gasteiger partial charge >= 0.3 is 6.36 Å². The number of fused-ring (bicyclic) bond motifs is 3. The fraction of sp³-hybridized carbons (Fsp3) is 0.188. The smallest absolute Gasteiger partial charge is 0.406 e. The Hall–Kier alpha value is -4.62. The molecule has 14 heteroatoms. The molecule has 5 aromatic rings. The van der Waals surface area contributed by atoms with Gasteiger partial charge in [0.2, 0.25) is 0 Å². The Balaban J connectivity index is 1.44. The first kappa shape index (κ1) is 31.4. The quantitative estimate of drug-likeness (QED) is 0.235. The summed E-state index contributed by atoms with van der Waals surface area (Å²) >= 11 is 9.57. The standard InChI is InChI=1S/C32H24BrClF3N5O4/c1-38-28(43)19-4-7-22(8-5-19)41-29-21(14-18-2-9-23(10-3-18)46-32(35,36)37)16-39-42(29)27-17-40(13-12-24(27)31(41)45)30(44)20-6-11-25(33)26(34)15-20/h2-11,15-16H,12-14,17H2,1H3,(H,38,43). The van der Waals surface area contributed by atoms with E-state index >= 15 is 0 Å². The molecule has 0 bridgehead atoms. The number of rotatable bonds is 6. The molecule has 6 rings (SSSR count). The Morgan fingerprint density at radius 1 is 1.04 bits per heavy atom. The molecule has 236 valence electrons. The molecule has 0 fully saturated rings. The van der Waals surface area contributed by atoms with Gasteiger partial charge < -0.3 is 15.0 Å². The zero-order valence-electron chi connectivity index (χ0n) is 24.1. The van der Waals surface area contributed by atoms with Crippen LogP contribution < -0.4 is 15.6 Å². The number of hydrogen-bond donors (Lipinski definition) is 1. The minimum absolute atomic E-state index is 0.106. The lowest BCUT2D eigenvalue weighted by Crippen LogP contribution is -2.41. The van der Waals surface area contributed by atoms with E-state index in [9.17, 15) is 27.6 Å². The second kappa shape index (κ2) is 12.3. The molecule has 1 aliphatic rings.